The molecule has 0 radical (unpaired) electrons. The normalized spacial score (nSPS) is 30.1. The van der Waals surface area contributed by atoms with Crippen molar-refractivity contribution in [1.29, 1.82) is 0 Å². The summed E-state index contributed by atoms with van der Waals surface area (Å²) in [5.74, 6) is 0.364. The first-order chi connectivity index (χ1) is 14.2. The molecule has 1 saturated heterocycles. The van der Waals surface area contributed by atoms with Gasteiger partial charge in [-0.25, -0.2) is 23.7 Å². The van der Waals surface area contributed by atoms with Gasteiger partial charge in [0, 0.05) is 7.05 Å². The number of phosphoric acid groups is 3. The van der Waals surface area contributed by atoms with Crippen molar-refractivity contribution < 1.29 is 61.4 Å². The SMILES string of the molecule is CN1C=Nc2c(ncn2C2OC(COP(=O)(O)OP(=O)(O)OP(=O)(O)O)C(O)C2O)C1. The Balaban J connectivity index is 1.65. The van der Waals surface area contributed by atoms with Crippen molar-refractivity contribution >= 4 is 35.6 Å². The molecule has 6 atom stereocenters. The lowest BCUT2D eigenvalue weighted by Crippen LogP contribution is -2.33. The predicted molar refractivity (Wildman–Crippen MR) is 97.6 cm³/mol. The Kier molecular flexibility index (Phi) is 6.93. The minimum Gasteiger partial charge on any atom is -0.387 e. The molecule has 0 amide bonds. The fraction of sp³-hybridized carbons (Fsp3) is 0.636. The highest BCUT2D eigenvalue weighted by atomic mass is 31.3. The first-order valence-electron chi connectivity index (χ1n) is 8.27. The molecule has 17 nitrogen and oxygen atoms in total. The number of rotatable bonds is 8. The molecular weight excluding hydrogens is 489 g/mol. The summed E-state index contributed by atoms with van der Waals surface area (Å²) in [5, 5.41) is 20.5. The van der Waals surface area contributed by atoms with Crippen molar-refractivity contribution in [3.05, 3.63) is 12.0 Å². The highest BCUT2D eigenvalue weighted by molar-refractivity contribution is 7.66. The number of hydrogen-bond donors (Lipinski definition) is 6. The Labute approximate surface area is 174 Å². The molecule has 0 bridgehead atoms. The summed E-state index contributed by atoms with van der Waals surface area (Å²) >= 11 is 0. The van der Waals surface area contributed by atoms with Crippen LogP contribution in [0.3, 0.4) is 0 Å². The van der Waals surface area contributed by atoms with E-state index in [0.717, 1.165) is 0 Å². The van der Waals surface area contributed by atoms with E-state index in [1.807, 2.05) is 0 Å². The van der Waals surface area contributed by atoms with E-state index in [1.54, 1.807) is 11.9 Å². The molecule has 2 aliphatic heterocycles. The van der Waals surface area contributed by atoms with Gasteiger partial charge in [0.2, 0.25) is 0 Å². The topological polar surface area (TPSA) is 243 Å². The number of nitrogens with zero attached hydrogens (tertiary/aromatic N) is 4. The Morgan fingerprint density at radius 3 is 2.45 bits per heavy atom. The number of fused-ring (bicyclic) bond motifs is 1. The molecule has 20 heteroatoms. The zero-order valence-corrected chi connectivity index (χ0v) is 18.2. The fourth-order valence-electron chi connectivity index (χ4n) is 2.83. The number of imidazole rings is 1. The van der Waals surface area contributed by atoms with Gasteiger partial charge in [-0.3, -0.25) is 9.09 Å². The molecule has 176 valence electrons. The molecule has 1 aromatic rings. The van der Waals surface area contributed by atoms with Crippen LogP contribution in [0.15, 0.2) is 11.3 Å². The van der Waals surface area contributed by atoms with Crippen molar-refractivity contribution in [1.82, 2.24) is 14.5 Å². The zero-order valence-electron chi connectivity index (χ0n) is 15.5. The Bertz CT molecular complexity index is 993. The third-order valence-electron chi connectivity index (χ3n) is 4.05. The van der Waals surface area contributed by atoms with Gasteiger partial charge in [-0.1, -0.05) is 0 Å². The highest BCUT2D eigenvalue weighted by Crippen LogP contribution is 2.66. The zero-order chi connectivity index (χ0) is 23.2. The maximum atomic E-state index is 11.8. The molecule has 3 heterocycles. The van der Waals surface area contributed by atoms with E-state index in [0.29, 0.717) is 18.1 Å². The summed E-state index contributed by atoms with van der Waals surface area (Å²) in [5.41, 5.74) is 0.576. The van der Waals surface area contributed by atoms with Gasteiger partial charge in [0.05, 0.1) is 25.8 Å². The molecule has 0 aromatic carbocycles. The first kappa shape index (κ1) is 24.6. The van der Waals surface area contributed by atoms with Crippen LogP contribution < -0.4 is 0 Å². The monoisotopic (exact) mass is 508 g/mol. The second-order valence-electron chi connectivity index (χ2n) is 6.51. The van der Waals surface area contributed by atoms with E-state index in [1.165, 1.54) is 17.2 Å². The Hall–Kier alpha value is -1.03. The molecule has 2 aliphatic rings. The Morgan fingerprint density at radius 2 is 1.81 bits per heavy atom. The standard InChI is InChI=1S/C11H19N4O13P3/c1-14-2-6-10(13-4-14)15(5-12-6)11-9(17)8(16)7(26-11)3-25-30(21,22)28-31(23,24)27-29(18,19)20/h4-5,7-9,11,16-17H,2-3H2,1H3,(H,21,22)(H,23,24)(H2,18,19,20). The van der Waals surface area contributed by atoms with Crippen LogP contribution in [0, 0.1) is 0 Å². The number of aliphatic imine (C=N–C) groups is 1. The number of phosphoric ester groups is 1. The molecule has 0 aliphatic carbocycles. The third-order valence-corrected chi connectivity index (χ3v) is 7.85. The summed E-state index contributed by atoms with van der Waals surface area (Å²) in [6.07, 6.45) is -2.90. The lowest BCUT2D eigenvalue weighted by atomic mass is 10.1. The number of aromatic nitrogens is 2. The van der Waals surface area contributed by atoms with Crippen LogP contribution in [-0.4, -0.2) is 82.5 Å². The van der Waals surface area contributed by atoms with E-state index >= 15 is 0 Å². The van der Waals surface area contributed by atoms with E-state index in [-0.39, 0.29) is 0 Å². The second kappa shape index (κ2) is 8.72. The molecule has 1 fully saturated rings. The maximum Gasteiger partial charge on any atom is 0.490 e. The van der Waals surface area contributed by atoms with E-state index in [2.05, 4.69) is 23.1 Å². The van der Waals surface area contributed by atoms with Crippen LogP contribution in [0.4, 0.5) is 5.82 Å². The quantitative estimate of drug-likeness (QED) is 0.230. The van der Waals surface area contributed by atoms with Gasteiger partial charge in [-0.15, -0.1) is 0 Å². The largest absolute Gasteiger partial charge is 0.490 e. The lowest BCUT2D eigenvalue weighted by molar-refractivity contribution is -0.0512. The van der Waals surface area contributed by atoms with Crippen molar-refractivity contribution in [2.24, 2.45) is 4.99 Å². The van der Waals surface area contributed by atoms with Gasteiger partial charge in [-0.2, -0.15) is 8.62 Å². The molecule has 3 rings (SSSR count). The average Bonchev–Trinajstić information content (AvgIpc) is 3.11. The summed E-state index contributed by atoms with van der Waals surface area (Å²) in [6, 6.07) is 0. The van der Waals surface area contributed by atoms with E-state index in [9.17, 15) is 28.8 Å². The molecule has 0 saturated carbocycles. The summed E-state index contributed by atoms with van der Waals surface area (Å²) in [4.78, 5) is 45.7. The average molecular weight is 508 g/mol. The third kappa shape index (κ3) is 6.06. The van der Waals surface area contributed by atoms with Crippen LogP contribution in [0.1, 0.15) is 11.9 Å². The van der Waals surface area contributed by atoms with Crippen LogP contribution in [0.25, 0.3) is 0 Å². The van der Waals surface area contributed by atoms with Gasteiger partial charge < -0.3 is 39.4 Å². The fourth-order valence-corrected chi connectivity index (χ4v) is 5.86. The van der Waals surface area contributed by atoms with Crippen molar-refractivity contribution in [2.75, 3.05) is 13.7 Å². The molecule has 6 N–H and O–H groups in total. The van der Waals surface area contributed by atoms with E-state index in [4.69, 9.17) is 19.4 Å². The van der Waals surface area contributed by atoms with Crippen LogP contribution in [0.2, 0.25) is 0 Å². The van der Waals surface area contributed by atoms with Crippen LogP contribution in [-0.2, 0) is 38.1 Å². The lowest BCUT2D eigenvalue weighted by Gasteiger charge is -2.21. The van der Waals surface area contributed by atoms with Gasteiger partial charge >= 0.3 is 23.5 Å². The Morgan fingerprint density at radius 1 is 1.13 bits per heavy atom. The predicted octanol–water partition coefficient (Wildman–Crippen LogP) is -1.05. The van der Waals surface area contributed by atoms with Gasteiger partial charge in [-0.05, 0) is 0 Å². The van der Waals surface area contributed by atoms with Crippen LogP contribution in [0.5, 0.6) is 0 Å². The number of aliphatic hydroxyl groups is 2. The summed E-state index contributed by atoms with van der Waals surface area (Å²) in [6.45, 7) is -0.478. The minimum atomic E-state index is -5.68. The smallest absolute Gasteiger partial charge is 0.387 e. The highest BCUT2D eigenvalue weighted by Gasteiger charge is 2.47. The number of hydrogen-bond acceptors (Lipinski definition) is 12. The van der Waals surface area contributed by atoms with Gasteiger partial charge in [0.1, 0.15) is 24.0 Å². The molecular formula is C11H19N4O13P3. The summed E-state index contributed by atoms with van der Waals surface area (Å²) in [7, 11) is -14.8. The van der Waals surface area contributed by atoms with Crippen molar-refractivity contribution in [3.63, 3.8) is 0 Å². The van der Waals surface area contributed by atoms with E-state index < -0.39 is 54.6 Å². The molecule has 0 spiro atoms. The molecule has 31 heavy (non-hydrogen) atoms. The van der Waals surface area contributed by atoms with Crippen molar-refractivity contribution in [3.8, 4) is 0 Å². The molecule has 1 aromatic heterocycles. The summed E-state index contributed by atoms with van der Waals surface area (Å²) < 4.78 is 52.2. The van der Waals surface area contributed by atoms with Crippen LogP contribution >= 0.6 is 23.5 Å². The van der Waals surface area contributed by atoms with Gasteiger partial charge in [0.25, 0.3) is 0 Å². The van der Waals surface area contributed by atoms with Crippen molar-refractivity contribution in [2.45, 2.75) is 31.1 Å². The molecule has 6 unspecified atom stereocenters. The first-order valence-corrected chi connectivity index (χ1v) is 12.8. The minimum absolute atomic E-state index is 0.364. The number of aliphatic hydroxyl groups excluding tert-OH is 2. The number of ether oxygens (including phenoxy) is 1. The second-order valence-corrected chi connectivity index (χ2v) is 10.9. The van der Waals surface area contributed by atoms with Gasteiger partial charge in [0.15, 0.2) is 12.0 Å². The maximum absolute atomic E-state index is 11.8.